The molecule has 1 rings (SSSR count). The molecule has 0 spiro atoms. The Balaban J connectivity index is 2.63. The average Bonchev–Trinajstić information content (AvgIpc) is 2.57. The number of hydrogen-bond donors (Lipinski definition) is 2. The molecule has 0 aromatic carbocycles. The largest absolute Gasteiger partial charge is 0.477 e. The number of carbonyl (C=O) groups excluding carboxylic acids is 1. The van der Waals surface area contributed by atoms with Gasteiger partial charge in [0, 0.05) is 0 Å². The van der Waals surface area contributed by atoms with Gasteiger partial charge in [-0.2, -0.15) is 5.26 Å². The van der Waals surface area contributed by atoms with Crippen LogP contribution in [0.15, 0.2) is 0 Å². The third kappa shape index (κ3) is 3.03. The van der Waals surface area contributed by atoms with Crippen molar-refractivity contribution < 1.29 is 14.7 Å². The fraction of sp³-hybridized carbons (Fsp3) is 0.333. The van der Waals surface area contributed by atoms with Crippen molar-refractivity contribution in [3.8, 4) is 6.07 Å². The number of carboxylic acid groups (broad SMARTS) is 1. The minimum absolute atomic E-state index is 0.152. The number of rotatable bonds is 4. The SMILES string of the molecule is Cc1nc(CNC(=O)CC#N)sc1C(=O)O. The number of nitrogens with one attached hydrogen (secondary N) is 1. The van der Waals surface area contributed by atoms with Crippen LogP contribution in [-0.4, -0.2) is 22.0 Å². The number of carbonyl (C=O) groups is 2. The predicted octanol–water partition coefficient (Wildman–Crippen LogP) is 0.680. The molecule has 1 amide bonds. The maximum atomic E-state index is 11.0. The first-order valence-corrected chi connectivity index (χ1v) is 5.19. The molecular formula is C9H9N3O3S. The lowest BCUT2D eigenvalue weighted by Gasteiger charge is -1.97. The maximum Gasteiger partial charge on any atom is 0.347 e. The number of nitriles is 1. The molecule has 0 fully saturated rings. The van der Waals surface area contributed by atoms with Crippen molar-refractivity contribution in [2.45, 2.75) is 19.9 Å². The molecule has 0 unspecified atom stereocenters. The van der Waals surface area contributed by atoms with Gasteiger partial charge in [-0.25, -0.2) is 9.78 Å². The van der Waals surface area contributed by atoms with Crippen molar-refractivity contribution in [3.63, 3.8) is 0 Å². The fourth-order valence-corrected chi connectivity index (χ4v) is 1.88. The summed E-state index contributed by atoms with van der Waals surface area (Å²) >= 11 is 1.02. The van der Waals surface area contributed by atoms with Gasteiger partial charge in [-0.15, -0.1) is 11.3 Å². The molecule has 0 aliphatic heterocycles. The van der Waals surface area contributed by atoms with Gasteiger partial charge in [-0.1, -0.05) is 0 Å². The van der Waals surface area contributed by atoms with E-state index in [1.165, 1.54) is 0 Å². The van der Waals surface area contributed by atoms with Gasteiger partial charge in [0.2, 0.25) is 5.91 Å². The second-order valence-corrected chi connectivity index (χ2v) is 4.02. The van der Waals surface area contributed by atoms with Crippen molar-refractivity contribution in [3.05, 3.63) is 15.6 Å². The highest BCUT2D eigenvalue weighted by atomic mass is 32.1. The topological polar surface area (TPSA) is 103 Å². The maximum absolute atomic E-state index is 11.0. The van der Waals surface area contributed by atoms with E-state index in [0.717, 1.165) is 11.3 Å². The molecule has 0 radical (unpaired) electrons. The van der Waals surface area contributed by atoms with E-state index in [2.05, 4.69) is 10.3 Å². The van der Waals surface area contributed by atoms with E-state index in [9.17, 15) is 9.59 Å². The van der Waals surface area contributed by atoms with Crippen molar-refractivity contribution in [2.24, 2.45) is 0 Å². The van der Waals surface area contributed by atoms with Gasteiger partial charge >= 0.3 is 5.97 Å². The number of amides is 1. The van der Waals surface area contributed by atoms with Crippen molar-refractivity contribution in [1.82, 2.24) is 10.3 Å². The molecule has 0 atom stereocenters. The molecule has 0 saturated heterocycles. The van der Waals surface area contributed by atoms with Crippen molar-refractivity contribution >= 4 is 23.2 Å². The first-order valence-electron chi connectivity index (χ1n) is 4.38. The number of thiazole rings is 1. The van der Waals surface area contributed by atoms with Gasteiger partial charge in [-0.05, 0) is 6.92 Å². The summed E-state index contributed by atoms with van der Waals surface area (Å²) < 4.78 is 0. The third-order valence-corrected chi connectivity index (χ3v) is 2.86. The number of aromatic nitrogens is 1. The Morgan fingerprint density at radius 1 is 1.62 bits per heavy atom. The molecule has 16 heavy (non-hydrogen) atoms. The summed E-state index contributed by atoms with van der Waals surface area (Å²) in [7, 11) is 0. The molecule has 0 saturated carbocycles. The Labute approximate surface area is 95.5 Å². The van der Waals surface area contributed by atoms with E-state index in [4.69, 9.17) is 10.4 Å². The molecule has 0 aliphatic rings. The van der Waals surface area contributed by atoms with Gasteiger partial charge in [0.1, 0.15) is 16.3 Å². The van der Waals surface area contributed by atoms with Crippen LogP contribution >= 0.6 is 11.3 Å². The molecule has 1 aromatic heterocycles. The van der Waals surface area contributed by atoms with Crippen LogP contribution in [0.1, 0.15) is 26.8 Å². The van der Waals surface area contributed by atoms with Gasteiger partial charge in [0.15, 0.2) is 0 Å². The molecule has 7 heteroatoms. The van der Waals surface area contributed by atoms with Crippen LogP contribution in [0.3, 0.4) is 0 Å². The zero-order valence-electron chi connectivity index (χ0n) is 8.48. The lowest BCUT2D eigenvalue weighted by Crippen LogP contribution is -2.21. The summed E-state index contributed by atoms with van der Waals surface area (Å²) in [6, 6.07) is 1.72. The molecule has 1 heterocycles. The average molecular weight is 239 g/mol. The Kier molecular flexibility index (Phi) is 3.96. The molecule has 1 aromatic rings. The minimum Gasteiger partial charge on any atom is -0.477 e. The number of hydrogen-bond acceptors (Lipinski definition) is 5. The van der Waals surface area contributed by atoms with E-state index < -0.39 is 11.9 Å². The van der Waals surface area contributed by atoms with Gasteiger partial charge < -0.3 is 10.4 Å². The summed E-state index contributed by atoms with van der Waals surface area (Å²) in [6.07, 6.45) is -0.212. The first kappa shape index (κ1) is 12.1. The Morgan fingerprint density at radius 3 is 2.81 bits per heavy atom. The third-order valence-electron chi connectivity index (χ3n) is 1.71. The fourth-order valence-electron chi connectivity index (χ4n) is 1.03. The van der Waals surface area contributed by atoms with E-state index in [0.29, 0.717) is 10.7 Å². The minimum atomic E-state index is -1.02. The van der Waals surface area contributed by atoms with E-state index >= 15 is 0 Å². The summed E-state index contributed by atoms with van der Waals surface area (Å²) in [5.74, 6) is -1.42. The highest BCUT2D eigenvalue weighted by Crippen LogP contribution is 2.17. The molecule has 0 bridgehead atoms. The van der Waals surface area contributed by atoms with Crippen LogP contribution < -0.4 is 5.32 Å². The standard InChI is InChI=1S/C9H9N3O3S/c1-5-8(9(14)15)16-7(12-5)4-11-6(13)2-3-10/h2,4H2,1H3,(H,11,13)(H,14,15). The van der Waals surface area contributed by atoms with Crippen molar-refractivity contribution in [1.29, 1.82) is 5.26 Å². The summed E-state index contributed by atoms with van der Waals surface area (Å²) in [5, 5.41) is 20.0. The number of nitrogens with zero attached hydrogens (tertiary/aromatic N) is 2. The molecule has 2 N–H and O–H groups in total. The van der Waals surface area contributed by atoms with Gasteiger partial charge in [0.05, 0.1) is 18.3 Å². The number of aryl methyl sites for hydroxylation is 1. The van der Waals surface area contributed by atoms with Gasteiger partial charge in [0.25, 0.3) is 0 Å². The molecular weight excluding hydrogens is 230 g/mol. The number of carboxylic acids is 1. The van der Waals surface area contributed by atoms with E-state index in [1.54, 1.807) is 13.0 Å². The highest BCUT2D eigenvalue weighted by molar-refractivity contribution is 7.13. The highest BCUT2D eigenvalue weighted by Gasteiger charge is 2.13. The van der Waals surface area contributed by atoms with Crippen LogP contribution in [0.25, 0.3) is 0 Å². The zero-order chi connectivity index (χ0) is 12.1. The van der Waals surface area contributed by atoms with Gasteiger partial charge in [-0.3, -0.25) is 4.79 Å². The lowest BCUT2D eigenvalue weighted by molar-refractivity contribution is -0.120. The second kappa shape index (κ2) is 5.23. The second-order valence-electron chi connectivity index (χ2n) is 2.94. The Bertz CT molecular complexity index is 461. The monoisotopic (exact) mass is 239 g/mol. The normalized spacial score (nSPS) is 9.50. The summed E-state index contributed by atoms with van der Waals surface area (Å²) in [4.78, 5) is 25.9. The van der Waals surface area contributed by atoms with Crippen LogP contribution in [0.5, 0.6) is 0 Å². The number of aromatic carboxylic acids is 1. The van der Waals surface area contributed by atoms with Crippen LogP contribution in [0, 0.1) is 18.3 Å². The van der Waals surface area contributed by atoms with E-state index in [1.807, 2.05) is 0 Å². The lowest BCUT2D eigenvalue weighted by atomic mass is 10.4. The van der Waals surface area contributed by atoms with Crippen LogP contribution in [-0.2, 0) is 11.3 Å². The predicted molar refractivity (Wildman–Crippen MR) is 55.9 cm³/mol. The summed E-state index contributed by atoms with van der Waals surface area (Å²) in [5.41, 5.74) is 0.432. The van der Waals surface area contributed by atoms with Crippen LogP contribution in [0.2, 0.25) is 0 Å². The molecule has 84 valence electrons. The smallest absolute Gasteiger partial charge is 0.347 e. The summed E-state index contributed by atoms with van der Waals surface area (Å²) in [6.45, 7) is 1.75. The van der Waals surface area contributed by atoms with Crippen LogP contribution in [0.4, 0.5) is 0 Å². The Hall–Kier alpha value is -1.94. The Morgan fingerprint density at radius 2 is 2.31 bits per heavy atom. The molecule has 0 aliphatic carbocycles. The quantitative estimate of drug-likeness (QED) is 0.804. The van der Waals surface area contributed by atoms with E-state index in [-0.39, 0.29) is 17.8 Å². The zero-order valence-corrected chi connectivity index (χ0v) is 9.30. The van der Waals surface area contributed by atoms with Crippen molar-refractivity contribution in [2.75, 3.05) is 0 Å². The first-order chi connectivity index (χ1) is 7.54. The molecule has 6 nitrogen and oxygen atoms in total.